The predicted octanol–water partition coefficient (Wildman–Crippen LogP) is 3.89. The first-order valence-corrected chi connectivity index (χ1v) is 12.9. The van der Waals surface area contributed by atoms with Crippen molar-refractivity contribution in [1.82, 2.24) is 14.4 Å². The molecule has 5 nitrogen and oxygen atoms in total. The summed E-state index contributed by atoms with van der Waals surface area (Å²) in [4.78, 5) is 31.0. The number of amides is 1. The molecule has 0 spiro atoms. The second-order valence-corrected chi connectivity index (χ2v) is 10.7. The molecule has 0 N–H and O–H groups in total. The molecule has 1 unspecified atom stereocenters. The topological polar surface area (TPSA) is 45.6 Å². The maximum absolute atomic E-state index is 13.4. The molecule has 6 heteroatoms. The van der Waals surface area contributed by atoms with Crippen molar-refractivity contribution in [2.75, 3.05) is 39.0 Å². The molecule has 1 aliphatic carbocycles. The number of benzene rings is 2. The Morgan fingerprint density at radius 3 is 2.55 bits per heavy atom. The summed E-state index contributed by atoms with van der Waals surface area (Å²) >= 11 is 1.71. The van der Waals surface area contributed by atoms with Crippen LogP contribution in [0.2, 0.25) is 0 Å². The van der Waals surface area contributed by atoms with Crippen LogP contribution in [-0.4, -0.2) is 59.3 Å². The smallest absolute Gasteiger partial charge is 0.252 e. The molecule has 1 amide bonds. The molecule has 33 heavy (non-hydrogen) atoms. The summed E-state index contributed by atoms with van der Waals surface area (Å²) in [6.07, 6.45) is 3.10. The molecule has 1 saturated carbocycles. The monoisotopic (exact) mass is 459 g/mol. The zero-order valence-electron chi connectivity index (χ0n) is 19.0. The molecule has 0 bridgehead atoms. The number of piperazine rings is 1. The number of hydrogen-bond acceptors (Lipinski definition) is 4. The van der Waals surface area contributed by atoms with Crippen molar-refractivity contribution < 1.29 is 4.79 Å². The quantitative estimate of drug-likeness (QED) is 0.594. The summed E-state index contributed by atoms with van der Waals surface area (Å²) in [5.74, 6) is 1.29. The van der Waals surface area contributed by atoms with Gasteiger partial charge in [0.25, 0.3) is 5.56 Å². The highest BCUT2D eigenvalue weighted by Gasteiger charge is 2.39. The lowest BCUT2D eigenvalue weighted by atomic mass is 9.95. The van der Waals surface area contributed by atoms with Gasteiger partial charge < -0.3 is 9.80 Å². The van der Waals surface area contributed by atoms with Crippen LogP contribution >= 0.6 is 11.8 Å². The van der Waals surface area contributed by atoms with Gasteiger partial charge in [0.2, 0.25) is 5.91 Å². The van der Waals surface area contributed by atoms with Gasteiger partial charge in [0, 0.05) is 38.0 Å². The molecule has 6 rings (SSSR count). The molecule has 2 aromatic carbocycles. The van der Waals surface area contributed by atoms with Crippen LogP contribution in [0.4, 0.5) is 0 Å². The van der Waals surface area contributed by atoms with E-state index in [0.717, 1.165) is 43.2 Å². The normalized spacial score (nSPS) is 20.9. The van der Waals surface area contributed by atoms with Gasteiger partial charge in [0.1, 0.15) is 6.04 Å². The molecule has 2 aliphatic heterocycles. The predicted molar refractivity (Wildman–Crippen MR) is 133 cm³/mol. The molecule has 0 radical (unpaired) electrons. The minimum Gasteiger partial charge on any atom is -0.338 e. The summed E-state index contributed by atoms with van der Waals surface area (Å²) < 4.78 is 1.82. The Morgan fingerprint density at radius 2 is 1.76 bits per heavy atom. The number of carbonyl (C=O) groups is 1. The number of hydrogen-bond donors (Lipinski definition) is 0. The third-order valence-electron chi connectivity index (χ3n) is 7.37. The summed E-state index contributed by atoms with van der Waals surface area (Å²) in [5.41, 5.74) is 3.70. The van der Waals surface area contributed by atoms with Crippen molar-refractivity contribution in [3.8, 4) is 0 Å². The Hall–Kier alpha value is -2.57. The van der Waals surface area contributed by atoms with Gasteiger partial charge in [-0.3, -0.25) is 14.2 Å². The van der Waals surface area contributed by atoms with Gasteiger partial charge in [0.05, 0.1) is 5.03 Å². The first-order valence-electron chi connectivity index (χ1n) is 12.0. The van der Waals surface area contributed by atoms with Gasteiger partial charge in [-0.15, -0.1) is 11.8 Å². The third kappa shape index (κ3) is 3.79. The fraction of sp³-hybridized carbons (Fsp3) is 0.407. The fourth-order valence-corrected chi connectivity index (χ4v) is 6.78. The van der Waals surface area contributed by atoms with E-state index < -0.39 is 0 Å². The Kier molecular flexibility index (Phi) is 5.30. The number of rotatable bonds is 4. The number of thioether (sulfide) groups is 1. The van der Waals surface area contributed by atoms with Crippen LogP contribution in [-0.2, 0) is 11.2 Å². The zero-order chi connectivity index (χ0) is 22.5. The van der Waals surface area contributed by atoms with Crippen LogP contribution < -0.4 is 5.56 Å². The van der Waals surface area contributed by atoms with Gasteiger partial charge in [-0.2, -0.15) is 0 Å². The number of carbonyl (C=O) groups excluding carboxylic acids is 1. The molecule has 1 atom stereocenters. The minimum atomic E-state index is -0.370. The number of nitrogens with zero attached hydrogens (tertiary/aromatic N) is 3. The average molecular weight is 460 g/mol. The van der Waals surface area contributed by atoms with Crippen molar-refractivity contribution >= 4 is 28.4 Å². The summed E-state index contributed by atoms with van der Waals surface area (Å²) in [6.45, 7) is 3.28. The van der Waals surface area contributed by atoms with E-state index in [1.165, 1.54) is 34.7 Å². The summed E-state index contributed by atoms with van der Waals surface area (Å²) in [7, 11) is 2.09. The zero-order valence-corrected chi connectivity index (χ0v) is 19.8. The molecule has 3 heterocycles. The first kappa shape index (κ1) is 21.0. The number of pyridine rings is 1. The van der Waals surface area contributed by atoms with Crippen molar-refractivity contribution in [3.63, 3.8) is 0 Å². The largest absolute Gasteiger partial charge is 0.338 e. The third-order valence-corrected chi connectivity index (χ3v) is 8.54. The fourth-order valence-electron chi connectivity index (χ4n) is 5.36. The van der Waals surface area contributed by atoms with Crippen molar-refractivity contribution in [3.05, 3.63) is 75.6 Å². The van der Waals surface area contributed by atoms with Crippen LogP contribution in [0.5, 0.6) is 0 Å². The Bertz CT molecular complexity index is 1280. The molecule has 3 aromatic rings. The molecule has 2 fully saturated rings. The standard InChI is InChI=1S/C27H29N3O2S/c1-28-11-13-29(14-12-28)26(32)23-17-33-27-25(19-9-10-19)21(16-24(31)30(23)27)15-20-7-4-6-18-5-2-3-8-22(18)20/h2-8,16,19,23H,9-15,17H2,1H3. The van der Waals surface area contributed by atoms with Crippen molar-refractivity contribution in [1.29, 1.82) is 0 Å². The molecule has 3 aliphatic rings. The first-order chi connectivity index (χ1) is 16.1. The maximum atomic E-state index is 13.4. The van der Waals surface area contributed by atoms with Gasteiger partial charge in [-0.1, -0.05) is 42.5 Å². The van der Waals surface area contributed by atoms with Crippen molar-refractivity contribution in [2.24, 2.45) is 0 Å². The molecule has 170 valence electrons. The van der Waals surface area contributed by atoms with E-state index in [9.17, 15) is 9.59 Å². The highest BCUT2D eigenvalue weighted by molar-refractivity contribution is 7.99. The van der Waals surface area contributed by atoms with E-state index in [1.54, 1.807) is 11.8 Å². The minimum absolute atomic E-state index is 0.0258. The molecular weight excluding hydrogens is 430 g/mol. The Balaban J connectivity index is 1.38. The van der Waals surface area contributed by atoms with Crippen LogP contribution in [0.15, 0.2) is 58.4 Å². The molecule has 1 saturated heterocycles. The second kappa shape index (κ2) is 8.33. The van der Waals surface area contributed by atoms with E-state index >= 15 is 0 Å². The molecular formula is C27H29N3O2S. The molecule has 1 aromatic heterocycles. The van der Waals surface area contributed by atoms with Gasteiger partial charge in [0.15, 0.2) is 0 Å². The highest BCUT2D eigenvalue weighted by atomic mass is 32.2. The van der Waals surface area contributed by atoms with E-state index in [1.807, 2.05) is 15.5 Å². The SMILES string of the molecule is CN1CCN(C(=O)C2CSc3c(C4CC4)c(Cc4cccc5ccccc45)cc(=O)n32)CC1. The van der Waals surface area contributed by atoms with E-state index in [-0.39, 0.29) is 17.5 Å². The number of fused-ring (bicyclic) bond motifs is 2. The maximum Gasteiger partial charge on any atom is 0.252 e. The lowest BCUT2D eigenvalue weighted by Gasteiger charge is -2.34. The van der Waals surface area contributed by atoms with E-state index in [4.69, 9.17) is 0 Å². The summed E-state index contributed by atoms with van der Waals surface area (Å²) in [6, 6.07) is 16.3. The van der Waals surface area contributed by atoms with E-state index in [2.05, 4.69) is 54.4 Å². The average Bonchev–Trinajstić information content (AvgIpc) is 3.56. The van der Waals surface area contributed by atoms with Gasteiger partial charge in [-0.25, -0.2) is 0 Å². The second-order valence-electron chi connectivity index (χ2n) is 9.64. The van der Waals surface area contributed by atoms with Crippen LogP contribution in [0, 0.1) is 0 Å². The van der Waals surface area contributed by atoms with Crippen molar-refractivity contribution in [2.45, 2.75) is 36.2 Å². The van der Waals surface area contributed by atoms with Gasteiger partial charge in [-0.05, 0) is 59.7 Å². The lowest BCUT2D eigenvalue weighted by molar-refractivity contribution is -0.135. The van der Waals surface area contributed by atoms with Gasteiger partial charge >= 0.3 is 0 Å². The Labute approximate surface area is 198 Å². The highest BCUT2D eigenvalue weighted by Crippen LogP contribution is 2.49. The van der Waals surface area contributed by atoms with Crippen LogP contribution in [0.3, 0.4) is 0 Å². The summed E-state index contributed by atoms with van der Waals surface area (Å²) in [5, 5.41) is 3.53. The number of aromatic nitrogens is 1. The number of likely N-dealkylation sites (N-methyl/N-ethyl adjacent to an activating group) is 1. The van der Waals surface area contributed by atoms with Crippen LogP contribution in [0.25, 0.3) is 10.8 Å². The van der Waals surface area contributed by atoms with E-state index in [0.29, 0.717) is 11.7 Å². The lowest BCUT2D eigenvalue weighted by Crippen LogP contribution is -2.50. The van der Waals surface area contributed by atoms with Crippen LogP contribution in [0.1, 0.15) is 41.5 Å². The Morgan fingerprint density at radius 1 is 1.00 bits per heavy atom.